The molecule has 1 aliphatic carbocycles. The highest BCUT2D eigenvalue weighted by Crippen LogP contribution is 2.34. The highest BCUT2D eigenvalue weighted by Gasteiger charge is 2.39. The molecular weight excluding hydrogens is 344 g/mol. The molecular formula is C22H22O5. The van der Waals surface area contributed by atoms with Crippen LogP contribution in [0.25, 0.3) is 0 Å². The molecule has 0 spiro atoms. The second-order valence-electron chi connectivity index (χ2n) is 6.82. The van der Waals surface area contributed by atoms with E-state index >= 15 is 0 Å². The Morgan fingerprint density at radius 2 is 1.70 bits per heavy atom. The molecule has 1 saturated carbocycles. The van der Waals surface area contributed by atoms with Crippen LogP contribution >= 0.6 is 0 Å². The van der Waals surface area contributed by atoms with Crippen LogP contribution in [0.3, 0.4) is 0 Å². The van der Waals surface area contributed by atoms with Gasteiger partial charge >= 0.3 is 0 Å². The average molecular weight is 366 g/mol. The fourth-order valence-corrected chi connectivity index (χ4v) is 3.63. The monoisotopic (exact) mass is 366 g/mol. The van der Waals surface area contributed by atoms with Crippen LogP contribution in [0.2, 0.25) is 0 Å². The van der Waals surface area contributed by atoms with Crippen molar-refractivity contribution in [2.45, 2.75) is 31.6 Å². The second kappa shape index (κ2) is 8.16. The summed E-state index contributed by atoms with van der Waals surface area (Å²) < 4.78 is 5.05. The first-order chi connectivity index (χ1) is 13.0. The Morgan fingerprint density at radius 3 is 2.33 bits per heavy atom. The van der Waals surface area contributed by atoms with E-state index in [2.05, 4.69) is 0 Å². The maximum absolute atomic E-state index is 12.5. The van der Waals surface area contributed by atoms with Gasteiger partial charge in [0.2, 0.25) is 0 Å². The topological polar surface area (TPSA) is 80.7 Å². The number of ketones is 3. The summed E-state index contributed by atoms with van der Waals surface area (Å²) >= 11 is 0. The molecule has 0 amide bonds. The molecule has 1 fully saturated rings. The van der Waals surface area contributed by atoms with E-state index in [1.165, 1.54) is 7.11 Å². The number of phenols is 1. The van der Waals surface area contributed by atoms with Crippen molar-refractivity contribution in [3.8, 4) is 11.5 Å². The van der Waals surface area contributed by atoms with Gasteiger partial charge in [-0.2, -0.15) is 0 Å². The Balaban J connectivity index is 1.66. The standard InChI is InChI=1S/C22H22O5/c1-27-20-9-5-8-15(22(20)26)10-11-17(23)21-18(24)12-16(13-19(21)25)14-6-3-2-4-7-14/h2-9,16,21,26H,10-13H2,1H3. The Bertz CT molecular complexity index is 838. The number of para-hydroxylation sites is 1. The fourth-order valence-electron chi connectivity index (χ4n) is 3.63. The van der Waals surface area contributed by atoms with E-state index < -0.39 is 5.92 Å². The number of hydrogen-bond acceptors (Lipinski definition) is 5. The molecule has 2 aromatic carbocycles. The molecule has 3 rings (SSSR count). The van der Waals surface area contributed by atoms with Crippen molar-refractivity contribution in [1.82, 2.24) is 0 Å². The van der Waals surface area contributed by atoms with Crippen LogP contribution in [-0.2, 0) is 20.8 Å². The Morgan fingerprint density at radius 1 is 1.04 bits per heavy atom. The molecule has 0 bridgehead atoms. The Kier molecular flexibility index (Phi) is 5.69. The van der Waals surface area contributed by atoms with Gasteiger partial charge in [-0.1, -0.05) is 42.5 Å². The van der Waals surface area contributed by atoms with Gasteiger partial charge in [0.25, 0.3) is 0 Å². The number of aromatic hydroxyl groups is 1. The van der Waals surface area contributed by atoms with Gasteiger partial charge in [0.1, 0.15) is 5.92 Å². The van der Waals surface area contributed by atoms with E-state index in [1.807, 2.05) is 30.3 Å². The van der Waals surface area contributed by atoms with Gasteiger partial charge in [-0.3, -0.25) is 14.4 Å². The minimum absolute atomic E-state index is 0.0155. The highest BCUT2D eigenvalue weighted by molar-refractivity contribution is 6.21. The lowest BCUT2D eigenvalue weighted by Crippen LogP contribution is -2.38. The van der Waals surface area contributed by atoms with E-state index in [0.29, 0.717) is 11.3 Å². The van der Waals surface area contributed by atoms with Crippen LogP contribution in [-0.4, -0.2) is 29.6 Å². The lowest BCUT2D eigenvalue weighted by atomic mass is 9.74. The molecule has 0 radical (unpaired) electrons. The number of hydrogen-bond donors (Lipinski definition) is 1. The summed E-state index contributed by atoms with van der Waals surface area (Å²) in [4.78, 5) is 37.5. The molecule has 5 nitrogen and oxygen atoms in total. The molecule has 0 aromatic heterocycles. The first kappa shape index (κ1) is 18.8. The smallest absolute Gasteiger partial charge is 0.160 e. The summed E-state index contributed by atoms with van der Waals surface area (Å²) in [6.45, 7) is 0. The van der Waals surface area contributed by atoms with Gasteiger partial charge in [0.15, 0.2) is 28.8 Å². The van der Waals surface area contributed by atoms with E-state index in [0.717, 1.165) is 5.56 Å². The Labute approximate surface area is 158 Å². The third kappa shape index (κ3) is 4.08. The number of phenolic OH excluding ortho intramolecular Hbond substituents is 1. The van der Waals surface area contributed by atoms with E-state index in [1.54, 1.807) is 18.2 Å². The lowest BCUT2D eigenvalue weighted by Gasteiger charge is -2.26. The molecule has 140 valence electrons. The van der Waals surface area contributed by atoms with Crippen molar-refractivity contribution in [2.75, 3.05) is 7.11 Å². The quantitative estimate of drug-likeness (QED) is 0.794. The third-order valence-corrected chi connectivity index (χ3v) is 5.08. The van der Waals surface area contributed by atoms with Gasteiger partial charge in [0, 0.05) is 19.3 Å². The number of Topliss-reactive ketones (excluding diaryl/α,β-unsaturated/α-hetero) is 3. The van der Waals surface area contributed by atoms with Crippen LogP contribution in [0.15, 0.2) is 48.5 Å². The number of benzene rings is 2. The van der Waals surface area contributed by atoms with Crippen molar-refractivity contribution in [3.63, 3.8) is 0 Å². The molecule has 0 saturated heterocycles. The minimum Gasteiger partial charge on any atom is -0.504 e. The van der Waals surface area contributed by atoms with E-state index in [-0.39, 0.29) is 54.7 Å². The molecule has 0 aliphatic heterocycles. The zero-order valence-corrected chi connectivity index (χ0v) is 15.2. The summed E-state index contributed by atoms with van der Waals surface area (Å²) in [5.41, 5.74) is 1.51. The van der Waals surface area contributed by atoms with Crippen LogP contribution in [0, 0.1) is 5.92 Å². The molecule has 0 unspecified atom stereocenters. The number of methoxy groups -OCH3 is 1. The van der Waals surface area contributed by atoms with Gasteiger partial charge < -0.3 is 9.84 Å². The van der Waals surface area contributed by atoms with Gasteiger partial charge in [-0.15, -0.1) is 0 Å². The number of carbonyl (C=O) groups is 3. The molecule has 27 heavy (non-hydrogen) atoms. The predicted molar refractivity (Wildman–Crippen MR) is 99.9 cm³/mol. The van der Waals surface area contributed by atoms with Crippen LogP contribution < -0.4 is 4.74 Å². The van der Waals surface area contributed by atoms with Crippen LogP contribution in [0.1, 0.15) is 36.3 Å². The highest BCUT2D eigenvalue weighted by atomic mass is 16.5. The molecule has 5 heteroatoms. The number of carbonyl (C=O) groups excluding carboxylic acids is 3. The average Bonchev–Trinajstić information content (AvgIpc) is 2.67. The van der Waals surface area contributed by atoms with Crippen molar-refractivity contribution in [2.24, 2.45) is 5.92 Å². The molecule has 0 heterocycles. The fraction of sp³-hybridized carbons (Fsp3) is 0.318. The summed E-state index contributed by atoms with van der Waals surface area (Å²) in [5.74, 6) is -2.00. The summed E-state index contributed by atoms with van der Waals surface area (Å²) in [5, 5.41) is 10.1. The van der Waals surface area contributed by atoms with Gasteiger partial charge in [0.05, 0.1) is 7.11 Å². The predicted octanol–water partition coefficient (Wildman–Crippen LogP) is 3.23. The molecule has 1 aliphatic rings. The number of ether oxygens (including phenoxy) is 1. The first-order valence-electron chi connectivity index (χ1n) is 8.99. The zero-order valence-electron chi connectivity index (χ0n) is 15.2. The molecule has 0 atom stereocenters. The Hall–Kier alpha value is -2.95. The van der Waals surface area contributed by atoms with Gasteiger partial charge in [-0.05, 0) is 29.5 Å². The normalized spacial score (nSPS) is 19.7. The zero-order chi connectivity index (χ0) is 19.4. The minimum atomic E-state index is -1.17. The van der Waals surface area contributed by atoms with Crippen molar-refractivity contribution >= 4 is 17.3 Å². The van der Waals surface area contributed by atoms with Crippen LogP contribution in [0.4, 0.5) is 0 Å². The summed E-state index contributed by atoms with van der Waals surface area (Å²) in [6.07, 6.45) is 0.688. The molecule has 1 N–H and O–H groups in total. The van der Waals surface area contributed by atoms with Crippen molar-refractivity contribution < 1.29 is 24.2 Å². The SMILES string of the molecule is COc1cccc(CCC(=O)C2C(=O)CC(c3ccccc3)CC2=O)c1O. The van der Waals surface area contributed by atoms with Gasteiger partial charge in [-0.25, -0.2) is 0 Å². The number of rotatable bonds is 6. The lowest BCUT2D eigenvalue weighted by molar-refractivity contribution is -0.142. The summed E-state index contributed by atoms with van der Waals surface area (Å²) in [7, 11) is 1.45. The maximum atomic E-state index is 12.5. The molecule has 2 aromatic rings. The van der Waals surface area contributed by atoms with E-state index in [9.17, 15) is 19.5 Å². The van der Waals surface area contributed by atoms with E-state index in [4.69, 9.17) is 4.74 Å². The van der Waals surface area contributed by atoms with Crippen LogP contribution in [0.5, 0.6) is 11.5 Å². The second-order valence-corrected chi connectivity index (χ2v) is 6.82. The summed E-state index contributed by atoms with van der Waals surface area (Å²) in [6, 6.07) is 14.5. The number of aryl methyl sites for hydroxylation is 1. The largest absolute Gasteiger partial charge is 0.504 e. The van der Waals surface area contributed by atoms with Crippen molar-refractivity contribution in [3.05, 3.63) is 59.7 Å². The maximum Gasteiger partial charge on any atom is 0.160 e. The third-order valence-electron chi connectivity index (χ3n) is 5.08. The first-order valence-corrected chi connectivity index (χ1v) is 8.99. The van der Waals surface area contributed by atoms with Crippen molar-refractivity contribution in [1.29, 1.82) is 0 Å².